The van der Waals surface area contributed by atoms with Crippen LogP contribution < -0.4 is 26.2 Å². The first kappa shape index (κ1) is 34.6. The first-order chi connectivity index (χ1) is 25.4. The highest BCUT2D eigenvalue weighted by molar-refractivity contribution is 7.00. The van der Waals surface area contributed by atoms with E-state index in [1.807, 2.05) is 0 Å². The molecule has 4 aliphatic carbocycles. The predicted molar refractivity (Wildman–Crippen MR) is 231 cm³/mol. The van der Waals surface area contributed by atoms with Gasteiger partial charge in [0.05, 0.1) is 11.1 Å². The Morgan fingerprint density at radius 1 is 0.556 bits per heavy atom. The minimum atomic E-state index is 0.0535. The van der Waals surface area contributed by atoms with Gasteiger partial charge in [0.15, 0.2) is 0 Å². The van der Waals surface area contributed by atoms with Crippen LogP contribution in [0.1, 0.15) is 174 Å². The van der Waals surface area contributed by atoms with Gasteiger partial charge in [0, 0.05) is 33.6 Å². The molecule has 4 saturated carbocycles. The van der Waals surface area contributed by atoms with Gasteiger partial charge in [0.2, 0.25) is 0 Å². The van der Waals surface area contributed by atoms with Gasteiger partial charge < -0.3 is 9.80 Å². The van der Waals surface area contributed by atoms with Crippen molar-refractivity contribution in [2.45, 2.75) is 186 Å². The van der Waals surface area contributed by atoms with Gasteiger partial charge in [-0.25, -0.2) is 0 Å². The largest absolute Gasteiger partial charge is 0.335 e. The van der Waals surface area contributed by atoms with Crippen molar-refractivity contribution in [3.05, 3.63) is 64.2 Å². The smallest absolute Gasteiger partial charge is 0.252 e. The monoisotopic (exact) mass is 719 g/mol. The number of rotatable bonds is 0. The fourth-order valence-electron chi connectivity index (χ4n) is 15.6. The summed E-state index contributed by atoms with van der Waals surface area (Å²) in [5.41, 5.74) is 19.6. The van der Waals surface area contributed by atoms with E-state index < -0.39 is 0 Å². The van der Waals surface area contributed by atoms with Gasteiger partial charge >= 0.3 is 0 Å². The Bertz CT molecular complexity index is 2000. The molecule has 0 spiro atoms. The van der Waals surface area contributed by atoms with Gasteiger partial charge in [-0.1, -0.05) is 118 Å². The van der Waals surface area contributed by atoms with Crippen molar-refractivity contribution >= 4 is 45.9 Å². The van der Waals surface area contributed by atoms with Crippen molar-refractivity contribution in [3.8, 4) is 0 Å². The molecule has 8 unspecified atom stereocenters. The lowest BCUT2D eigenvalue weighted by Gasteiger charge is -2.61. The normalized spacial score (nSPS) is 36.8. The van der Waals surface area contributed by atoms with Crippen LogP contribution >= 0.6 is 0 Å². The van der Waals surface area contributed by atoms with Crippen LogP contribution in [0.15, 0.2) is 36.4 Å². The molecule has 284 valence electrons. The summed E-state index contributed by atoms with van der Waals surface area (Å²) in [6.45, 7) is 28.4. The van der Waals surface area contributed by atoms with Crippen molar-refractivity contribution in [2.75, 3.05) is 9.80 Å². The highest BCUT2D eigenvalue weighted by Crippen LogP contribution is 2.69. The molecule has 8 atom stereocenters. The zero-order chi connectivity index (χ0) is 37.7. The minimum Gasteiger partial charge on any atom is -0.335 e. The maximum atomic E-state index is 3.07. The summed E-state index contributed by atoms with van der Waals surface area (Å²) < 4.78 is 0. The lowest BCUT2D eigenvalue weighted by Crippen LogP contribution is -2.69. The number of hydrogen-bond donors (Lipinski definition) is 0. The quantitative estimate of drug-likeness (QED) is 0.214. The first-order valence-electron chi connectivity index (χ1n) is 22.6. The number of fused-ring (bicyclic) bond motifs is 14. The SMILES string of the molecule is Cc1cc2c3c(c1)N1c4c(cc(C(C)(C)C)cc4C4(C)CCC5CCCCC5C14C)B3c1cc(C(C)(C)C)cc3c1N2C1(C)C2CCCCC2CCC31C. The summed E-state index contributed by atoms with van der Waals surface area (Å²) in [6, 6.07) is 16.3. The zero-order valence-corrected chi connectivity index (χ0v) is 35.7. The predicted octanol–water partition coefficient (Wildman–Crippen LogP) is 11.3. The molecule has 3 aromatic rings. The maximum Gasteiger partial charge on any atom is 0.252 e. The third-order valence-electron chi connectivity index (χ3n) is 18.8. The van der Waals surface area contributed by atoms with Crippen LogP contribution in [-0.2, 0) is 21.7 Å². The molecule has 11 rings (SSSR count). The van der Waals surface area contributed by atoms with Gasteiger partial charge in [-0.15, -0.1) is 0 Å². The summed E-state index contributed by atoms with van der Waals surface area (Å²) >= 11 is 0. The van der Waals surface area contributed by atoms with Crippen molar-refractivity contribution in [1.82, 2.24) is 0 Å². The second-order valence-electron chi connectivity index (χ2n) is 23.1. The van der Waals surface area contributed by atoms with Crippen LogP contribution in [0, 0.1) is 30.6 Å². The van der Waals surface area contributed by atoms with Crippen LogP contribution in [0.4, 0.5) is 22.7 Å². The molecule has 4 aliphatic heterocycles. The van der Waals surface area contributed by atoms with Gasteiger partial charge in [0.25, 0.3) is 6.71 Å². The molecule has 2 nitrogen and oxygen atoms in total. The highest BCUT2D eigenvalue weighted by Gasteiger charge is 2.69. The third-order valence-corrected chi connectivity index (χ3v) is 18.8. The molecule has 4 fully saturated rings. The first-order valence-corrected chi connectivity index (χ1v) is 22.6. The zero-order valence-electron chi connectivity index (χ0n) is 35.7. The molecule has 4 heterocycles. The van der Waals surface area contributed by atoms with E-state index in [4.69, 9.17) is 0 Å². The molecule has 3 aromatic carbocycles. The Balaban J connectivity index is 1.28. The molecule has 0 amide bonds. The van der Waals surface area contributed by atoms with Crippen molar-refractivity contribution in [1.29, 1.82) is 0 Å². The molecule has 0 radical (unpaired) electrons. The van der Waals surface area contributed by atoms with Crippen molar-refractivity contribution in [2.24, 2.45) is 23.7 Å². The van der Waals surface area contributed by atoms with E-state index in [9.17, 15) is 0 Å². The topological polar surface area (TPSA) is 6.48 Å². The van der Waals surface area contributed by atoms with Gasteiger partial charge in [-0.2, -0.15) is 0 Å². The number of hydrogen-bond acceptors (Lipinski definition) is 2. The second kappa shape index (κ2) is 10.4. The molecular weight excluding hydrogens is 651 g/mol. The number of aryl methyl sites for hydroxylation is 1. The third kappa shape index (κ3) is 3.83. The fraction of sp³-hybridized carbons (Fsp3) is 0.647. The van der Waals surface area contributed by atoms with E-state index >= 15 is 0 Å². The summed E-state index contributed by atoms with van der Waals surface area (Å²) in [5, 5.41) is 0. The van der Waals surface area contributed by atoms with Gasteiger partial charge in [-0.3, -0.25) is 0 Å². The summed E-state index contributed by atoms with van der Waals surface area (Å²) in [7, 11) is 0. The molecule has 54 heavy (non-hydrogen) atoms. The summed E-state index contributed by atoms with van der Waals surface area (Å²) in [6.07, 6.45) is 16.6. The average Bonchev–Trinajstić information content (AvgIpc) is 3.47. The second-order valence-corrected chi connectivity index (χ2v) is 23.1. The maximum absolute atomic E-state index is 3.07. The molecular formula is C51H67BN2. The van der Waals surface area contributed by atoms with Crippen LogP contribution in [0.5, 0.6) is 0 Å². The van der Waals surface area contributed by atoms with Gasteiger partial charge in [0.1, 0.15) is 0 Å². The number of nitrogens with zero attached hydrogens (tertiary/aromatic N) is 2. The van der Waals surface area contributed by atoms with E-state index in [1.165, 1.54) is 93.7 Å². The van der Waals surface area contributed by atoms with E-state index in [1.54, 1.807) is 50.3 Å². The average molecular weight is 719 g/mol. The molecule has 0 bridgehead atoms. The van der Waals surface area contributed by atoms with Crippen LogP contribution in [0.2, 0.25) is 0 Å². The van der Waals surface area contributed by atoms with Crippen LogP contribution in [0.3, 0.4) is 0 Å². The minimum absolute atomic E-state index is 0.0535. The van der Waals surface area contributed by atoms with Crippen molar-refractivity contribution in [3.63, 3.8) is 0 Å². The van der Waals surface area contributed by atoms with E-state index in [0.29, 0.717) is 0 Å². The molecule has 0 saturated heterocycles. The number of benzene rings is 3. The number of anilines is 4. The lowest BCUT2D eigenvalue weighted by molar-refractivity contribution is 0.0334. The lowest BCUT2D eigenvalue weighted by atomic mass is 9.33. The Hall–Kier alpha value is -2.68. The van der Waals surface area contributed by atoms with E-state index in [0.717, 1.165) is 23.7 Å². The van der Waals surface area contributed by atoms with Crippen molar-refractivity contribution < 1.29 is 0 Å². The standard InChI is InChI=1S/C51H67BN2/c1-30-24-41-43-42(25-30)54-45-38(49(9)23-21-32-17-13-15-19-36(32)51(49,54)11)27-34(47(5,6)7)29-40(45)52(43)39-28-33(46(2,3)4)26-37-44(39)53(41)50(10)35-18-14-12-16-31(35)20-22-48(37,50)8/h24-29,31-32,35-36H,12-23H2,1-11H3. The van der Waals surface area contributed by atoms with Crippen LogP contribution in [-0.4, -0.2) is 17.8 Å². The summed E-state index contributed by atoms with van der Waals surface area (Å²) in [4.78, 5) is 6.13. The fourth-order valence-corrected chi connectivity index (χ4v) is 15.6. The highest BCUT2D eigenvalue weighted by atomic mass is 15.3. The Morgan fingerprint density at radius 2 is 0.963 bits per heavy atom. The van der Waals surface area contributed by atoms with E-state index in [-0.39, 0.29) is 39.5 Å². The molecule has 0 aromatic heterocycles. The van der Waals surface area contributed by atoms with Crippen LogP contribution in [0.25, 0.3) is 0 Å². The molecule has 0 N–H and O–H groups in total. The van der Waals surface area contributed by atoms with Gasteiger partial charge in [-0.05, 0) is 150 Å². The summed E-state index contributed by atoms with van der Waals surface area (Å²) in [5.74, 6) is 3.13. The Morgan fingerprint density at radius 3 is 1.37 bits per heavy atom. The Kier molecular flexibility index (Phi) is 6.68. The molecule has 3 heteroatoms. The Labute approximate surface area is 328 Å². The van der Waals surface area contributed by atoms with E-state index in [2.05, 4.69) is 122 Å². The molecule has 8 aliphatic rings.